The van der Waals surface area contributed by atoms with E-state index in [1.807, 2.05) is 18.2 Å². The van der Waals surface area contributed by atoms with Crippen LogP contribution in [0.1, 0.15) is 49.7 Å². The number of ether oxygens (including phenoxy) is 1. The predicted molar refractivity (Wildman–Crippen MR) is 106 cm³/mol. The SMILES string of the molecule is CC(C)(C)OC(=O)N1Cc2c(N(C=O)c3ccccc3)nn(C(=O)C3CC3)c2C1. The van der Waals surface area contributed by atoms with Crippen LogP contribution in [0.2, 0.25) is 0 Å². The molecule has 4 rings (SSSR count). The van der Waals surface area contributed by atoms with Crippen molar-refractivity contribution in [3.63, 3.8) is 0 Å². The van der Waals surface area contributed by atoms with Gasteiger partial charge in [0.25, 0.3) is 0 Å². The Morgan fingerprint density at radius 3 is 2.45 bits per heavy atom. The number of rotatable bonds is 4. The Kier molecular flexibility index (Phi) is 4.64. The van der Waals surface area contributed by atoms with E-state index in [9.17, 15) is 14.4 Å². The van der Waals surface area contributed by atoms with E-state index in [1.165, 1.54) is 14.5 Å². The van der Waals surface area contributed by atoms with Crippen molar-refractivity contribution in [3.8, 4) is 0 Å². The molecule has 152 valence electrons. The average Bonchev–Trinajstić information content (AvgIpc) is 3.33. The number of aromatic nitrogens is 2. The Labute approximate surface area is 169 Å². The Hall–Kier alpha value is -3.16. The molecule has 0 unspecified atom stereocenters. The van der Waals surface area contributed by atoms with Gasteiger partial charge in [-0.25, -0.2) is 9.48 Å². The number of anilines is 2. The largest absolute Gasteiger partial charge is 0.444 e. The zero-order chi connectivity index (χ0) is 20.8. The third kappa shape index (κ3) is 3.74. The number of hydrogen-bond acceptors (Lipinski definition) is 5. The van der Waals surface area contributed by atoms with E-state index < -0.39 is 11.7 Å². The van der Waals surface area contributed by atoms with Crippen molar-refractivity contribution < 1.29 is 19.1 Å². The number of para-hydroxylation sites is 1. The maximum absolute atomic E-state index is 12.8. The van der Waals surface area contributed by atoms with E-state index in [4.69, 9.17) is 4.74 Å². The second-order valence-electron chi connectivity index (χ2n) is 8.42. The number of hydrogen-bond donors (Lipinski definition) is 0. The summed E-state index contributed by atoms with van der Waals surface area (Å²) in [6.07, 6.45) is 1.91. The zero-order valence-corrected chi connectivity index (χ0v) is 16.8. The van der Waals surface area contributed by atoms with Crippen LogP contribution in [0.15, 0.2) is 30.3 Å². The minimum atomic E-state index is -0.622. The Morgan fingerprint density at radius 2 is 1.86 bits per heavy atom. The van der Waals surface area contributed by atoms with E-state index in [0.29, 0.717) is 29.2 Å². The van der Waals surface area contributed by atoms with Gasteiger partial charge in [0.05, 0.1) is 24.5 Å². The topological polar surface area (TPSA) is 84.7 Å². The molecule has 2 aromatic rings. The molecule has 0 saturated heterocycles. The Bertz CT molecular complexity index is 957. The summed E-state index contributed by atoms with van der Waals surface area (Å²) in [6, 6.07) is 9.10. The second-order valence-corrected chi connectivity index (χ2v) is 8.42. The van der Waals surface area contributed by atoms with Gasteiger partial charge >= 0.3 is 6.09 Å². The molecule has 2 amide bonds. The third-order valence-electron chi connectivity index (χ3n) is 4.91. The summed E-state index contributed by atoms with van der Waals surface area (Å²) >= 11 is 0. The molecule has 1 fully saturated rings. The van der Waals surface area contributed by atoms with E-state index in [0.717, 1.165) is 12.8 Å². The molecule has 8 heteroatoms. The first-order valence-corrected chi connectivity index (χ1v) is 9.71. The lowest BCUT2D eigenvalue weighted by molar-refractivity contribution is -0.106. The lowest BCUT2D eigenvalue weighted by Crippen LogP contribution is -2.34. The highest BCUT2D eigenvalue weighted by Crippen LogP contribution is 2.37. The fraction of sp³-hybridized carbons (Fsp3) is 0.429. The molecule has 0 atom stereocenters. The van der Waals surface area contributed by atoms with Crippen molar-refractivity contribution in [2.45, 2.75) is 52.3 Å². The standard InChI is InChI=1S/C21H24N4O4/c1-21(2,3)29-20(28)23-11-16-17(12-23)25(19(27)14-9-10-14)22-18(16)24(13-26)15-7-5-4-6-8-15/h4-8,13-14H,9-12H2,1-3H3. The lowest BCUT2D eigenvalue weighted by atomic mass is 10.2. The molecule has 1 aromatic carbocycles. The van der Waals surface area contributed by atoms with E-state index in [1.54, 1.807) is 32.9 Å². The Balaban J connectivity index is 1.71. The van der Waals surface area contributed by atoms with Crippen molar-refractivity contribution >= 4 is 29.9 Å². The summed E-state index contributed by atoms with van der Waals surface area (Å²) in [5.74, 6) is 0.252. The number of fused-ring (bicyclic) bond motifs is 1. The van der Waals surface area contributed by atoms with Crippen LogP contribution in [0.25, 0.3) is 0 Å². The molecule has 8 nitrogen and oxygen atoms in total. The zero-order valence-electron chi connectivity index (χ0n) is 16.8. The summed E-state index contributed by atoms with van der Waals surface area (Å²) in [5.41, 5.74) is 1.36. The monoisotopic (exact) mass is 396 g/mol. The van der Waals surface area contributed by atoms with Crippen molar-refractivity contribution in [2.24, 2.45) is 5.92 Å². The van der Waals surface area contributed by atoms with Crippen molar-refractivity contribution in [1.29, 1.82) is 0 Å². The van der Waals surface area contributed by atoms with Crippen LogP contribution < -0.4 is 4.90 Å². The van der Waals surface area contributed by atoms with E-state index >= 15 is 0 Å². The van der Waals surface area contributed by atoms with E-state index in [2.05, 4.69) is 5.10 Å². The number of carbonyl (C=O) groups is 3. The number of benzene rings is 1. The maximum atomic E-state index is 12.8. The van der Waals surface area contributed by atoms with Crippen LogP contribution >= 0.6 is 0 Å². The van der Waals surface area contributed by atoms with Gasteiger partial charge in [0, 0.05) is 11.5 Å². The molecule has 2 heterocycles. The highest BCUT2D eigenvalue weighted by atomic mass is 16.6. The van der Waals surface area contributed by atoms with Crippen molar-refractivity contribution in [2.75, 3.05) is 4.90 Å². The molecule has 0 N–H and O–H groups in total. The van der Waals surface area contributed by atoms with Gasteiger partial charge in [0.15, 0.2) is 5.82 Å². The highest BCUT2D eigenvalue weighted by Gasteiger charge is 2.39. The molecule has 1 aliphatic carbocycles. The number of nitrogens with zero attached hydrogens (tertiary/aromatic N) is 4. The predicted octanol–water partition coefficient (Wildman–Crippen LogP) is 3.48. The molecule has 1 saturated carbocycles. The summed E-state index contributed by atoms with van der Waals surface area (Å²) in [4.78, 5) is 40.2. The van der Waals surface area contributed by atoms with Crippen LogP contribution in [0.5, 0.6) is 0 Å². The second kappa shape index (κ2) is 7.02. The van der Waals surface area contributed by atoms with Crippen LogP contribution in [-0.4, -0.2) is 38.7 Å². The van der Waals surface area contributed by atoms with Gasteiger partial charge in [-0.1, -0.05) is 18.2 Å². The van der Waals surface area contributed by atoms with Gasteiger partial charge in [0.2, 0.25) is 12.3 Å². The first-order valence-electron chi connectivity index (χ1n) is 9.71. The van der Waals surface area contributed by atoms with Gasteiger partial charge in [-0.15, -0.1) is 5.10 Å². The van der Waals surface area contributed by atoms with Crippen LogP contribution in [0.3, 0.4) is 0 Å². The summed E-state index contributed by atoms with van der Waals surface area (Å²) < 4.78 is 6.86. The number of amides is 2. The third-order valence-corrected chi connectivity index (χ3v) is 4.91. The van der Waals surface area contributed by atoms with Crippen LogP contribution in [0.4, 0.5) is 16.3 Å². The van der Waals surface area contributed by atoms with Gasteiger partial charge in [-0.05, 0) is 45.7 Å². The molecule has 0 radical (unpaired) electrons. The average molecular weight is 396 g/mol. The fourth-order valence-corrected chi connectivity index (χ4v) is 3.38. The van der Waals surface area contributed by atoms with Gasteiger partial charge in [-0.3, -0.25) is 19.4 Å². The lowest BCUT2D eigenvalue weighted by Gasteiger charge is -2.24. The molecular formula is C21H24N4O4. The molecule has 0 bridgehead atoms. The van der Waals surface area contributed by atoms with Crippen LogP contribution in [0, 0.1) is 5.92 Å². The van der Waals surface area contributed by atoms with E-state index in [-0.39, 0.29) is 24.9 Å². The molecule has 29 heavy (non-hydrogen) atoms. The minimum Gasteiger partial charge on any atom is -0.444 e. The van der Waals surface area contributed by atoms with Gasteiger partial charge in [0.1, 0.15) is 5.60 Å². The molecular weight excluding hydrogens is 372 g/mol. The molecule has 0 spiro atoms. The normalized spacial score (nSPS) is 15.8. The van der Waals surface area contributed by atoms with Gasteiger partial charge in [-0.2, -0.15) is 0 Å². The Morgan fingerprint density at radius 1 is 1.17 bits per heavy atom. The highest BCUT2D eigenvalue weighted by molar-refractivity contribution is 5.89. The number of carbonyl (C=O) groups excluding carboxylic acids is 3. The smallest absolute Gasteiger partial charge is 0.410 e. The molecule has 1 aliphatic heterocycles. The molecule has 2 aliphatic rings. The van der Waals surface area contributed by atoms with Crippen molar-refractivity contribution in [1.82, 2.24) is 14.7 Å². The van der Waals surface area contributed by atoms with Gasteiger partial charge < -0.3 is 4.74 Å². The van der Waals surface area contributed by atoms with Crippen LogP contribution in [-0.2, 0) is 22.6 Å². The van der Waals surface area contributed by atoms with Crippen molar-refractivity contribution in [3.05, 3.63) is 41.6 Å². The summed E-state index contributed by atoms with van der Waals surface area (Å²) in [6.45, 7) is 5.87. The maximum Gasteiger partial charge on any atom is 0.410 e. The first-order chi connectivity index (χ1) is 13.8. The minimum absolute atomic E-state index is 0.0381. The first kappa shape index (κ1) is 19.2. The quantitative estimate of drug-likeness (QED) is 0.739. The molecule has 1 aromatic heterocycles. The summed E-state index contributed by atoms with van der Waals surface area (Å²) in [5, 5.41) is 4.49. The summed E-state index contributed by atoms with van der Waals surface area (Å²) in [7, 11) is 0. The fourth-order valence-electron chi connectivity index (χ4n) is 3.38.